The number of anilines is 1. The zero-order chi connectivity index (χ0) is 13.8. The Morgan fingerprint density at radius 1 is 1.22 bits per heavy atom. The Bertz CT molecular complexity index is 430. The average molecular weight is 261 g/mol. The van der Waals surface area contributed by atoms with Crippen LogP contribution in [-0.4, -0.2) is 17.3 Å². The number of carboxylic acids is 1. The summed E-state index contributed by atoms with van der Waals surface area (Å²) in [4.78, 5) is 8.90. The first kappa shape index (κ1) is 14.3. The van der Waals surface area contributed by atoms with Gasteiger partial charge in [-0.15, -0.1) is 0 Å². The highest BCUT2D eigenvalue weighted by Crippen LogP contribution is 2.25. The lowest BCUT2D eigenvalue weighted by atomic mass is 9.91. The summed E-state index contributed by atoms with van der Waals surface area (Å²) in [6, 6.07) is 6.26. The fraction of sp³-hybridized carbons (Fsp3) is 0.417. The van der Waals surface area contributed by atoms with Gasteiger partial charge in [-0.05, 0) is 42.9 Å². The van der Waals surface area contributed by atoms with E-state index in [0.717, 1.165) is 5.69 Å². The fourth-order valence-electron chi connectivity index (χ4n) is 1.81. The summed E-state index contributed by atoms with van der Waals surface area (Å²) in [5.41, 5.74) is 9.70. The van der Waals surface area contributed by atoms with Gasteiger partial charge in [0.2, 0.25) is 0 Å². The van der Waals surface area contributed by atoms with E-state index in [2.05, 4.69) is 12.1 Å². The summed E-state index contributed by atoms with van der Waals surface area (Å²) >= 11 is 0. The lowest BCUT2D eigenvalue weighted by Gasteiger charge is -2.16. The number of hydrogen-bond acceptors (Lipinski definition) is 2. The molecular weight excluding hydrogens is 247 g/mol. The van der Waals surface area contributed by atoms with Gasteiger partial charge in [-0.2, -0.15) is 13.2 Å². The summed E-state index contributed by atoms with van der Waals surface area (Å²) in [5, 5.41) is 7.12. The Kier molecular flexibility index (Phi) is 4.58. The van der Waals surface area contributed by atoms with Gasteiger partial charge >= 0.3 is 12.1 Å². The lowest BCUT2D eigenvalue weighted by Crippen LogP contribution is -2.21. The Balaban J connectivity index is 0.000000203. The smallest absolute Gasteiger partial charge is 0.475 e. The minimum atomic E-state index is -5.08. The minimum absolute atomic E-state index is 0.988. The summed E-state index contributed by atoms with van der Waals surface area (Å²) in [6.07, 6.45) is -0.0416. The standard InChI is InChI=1S/C10H13N.C2HF3O2/c11-10-7-3-5-8-4-1-2-6-9(8)10;3-2(4,5)1(6)7/h3,5,7H,1-2,4,6,11H2;(H,6,7). The van der Waals surface area contributed by atoms with E-state index in [0.29, 0.717) is 0 Å². The van der Waals surface area contributed by atoms with Crippen LogP contribution in [0.25, 0.3) is 0 Å². The van der Waals surface area contributed by atoms with E-state index >= 15 is 0 Å². The highest BCUT2D eigenvalue weighted by atomic mass is 19.4. The third-order valence-corrected chi connectivity index (χ3v) is 2.67. The van der Waals surface area contributed by atoms with Gasteiger partial charge in [-0.1, -0.05) is 12.1 Å². The number of rotatable bonds is 0. The quantitative estimate of drug-likeness (QED) is 0.706. The maximum Gasteiger partial charge on any atom is 0.490 e. The van der Waals surface area contributed by atoms with Gasteiger partial charge in [0.1, 0.15) is 0 Å². The van der Waals surface area contributed by atoms with Gasteiger partial charge in [-0.25, -0.2) is 4.79 Å². The van der Waals surface area contributed by atoms with Crippen LogP contribution in [0.2, 0.25) is 0 Å². The van der Waals surface area contributed by atoms with Crippen molar-refractivity contribution in [2.75, 3.05) is 5.73 Å². The molecule has 0 unspecified atom stereocenters. The van der Waals surface area contributed by atoms with Crippen LogP contribution >= 0.6 is 0 Å². The zero-order valence-electron chi connectivity index (χ0n) is 9.63. The van der Waals surface area contributed by atoms with E-state index in [1.165, 1.54) is 36.8 Å². The first-order valence-corrected chi connectivity index (χ1v) is 5.48. The summed E-state index contributed by atoms with van der Waals surface area (Å²) < 4.78 is 31.7. The maximum atomic E-state index is 10.6. The monoisotopic (exact) mass is 261 g/mol. The van der Waals surface area contributed by atoms with Crippen LogP contribution in [0.5, 0.6) is 0 Å². The third-order valence-electron chi connectivity index (χ3n) is 2.67. The van der Waals surface area contributed by atoms with Crippen LogP contribution in [0, 0.1) is 0 Å². The predicted molar refractivity (Wildman–Crippen MR) is 61.2 cm³/mol. The lowest BCUT2D eigenvalue weighted by molar-refractivity contribution is -0.192. The number of aryl methyl sites for hydroxylation is 1. The van der Waals surface area contributed by atoms with E-state index < -0.39 is 12.1 Å². The molecule has 18 heavy (non-hydrogen) atoms. The summed E-state index contributed by atoms with van der Waals surface area (Å²) in [5.74, 6) is -2.76. The molecule has 6 heteroatoms. The molecule has 3 N–H and O–H groups in total. The van der Waals surface area contributed by atoms with Crippen molar-refractivity contribution in [3.05, 3.63) is 29.3 Å². The molecule has 1 aliphatic rings. The van der Waals surface area contributed by atoms with Crippen molar-refractivity contribution in [3.8, 4) is 0 Å². The molecule has 0 bridgehead atoms. The normalized spacial score (nSPS) is 14.2. The second-order valence-corrected chi connectivity index (χ2v) is 3.99. The number of carboxylic acid groups (broad SMARTS) is 1. The van der Waals surface area contributed by atoms with Gasteiger partial charge in [0.25, 0.3) is 0 Å². The molecule has 0 aromatic heterocycles. The van der Waals surface area contributed by atoms with Crippen molar-refractivity contribution in [1.29, 1.82) is 0 Å². The molecule has 3 nitrogen and oxygen atoms in total. The summed E-state index contributed by atoms with van der Waals surface area (Å²) in [6.45, 7) is 0. The van der Waals surface area contributed by atoms with Crippen LogP contribution in [0.4, 0.5) is 18.9 Å². The number of alkyl halides is 3. The molecule has 0 spiro atoms. The van der Waals surface area contributed by atoms with Gasteiger partial charge < -0.3 is 10.8 Å². The van der Waals surface area contributed by atoms with E-state index in [9.17, 15) is 13.2 Å². The number of halogens is 3. The number of carbonyl (C=O) groups is 1. The topological polar surface area (TPSA) is 63.3 Å². The van der Waals surface area contributed by atoms with E-state index in [-0.39, 0.29) is 0 Å². The molecule has 0 radical (unpaired) electrons. The van der Waals surface area contributed by atoms with Crippen molar-refractivity contribution >= 4 is 11.7 Å². The van der Waals surface area contributed by atoms with Crippen LogP contribution in [0.3, 0.4) is 0 Å². The van der Waals surface area contributed by atoms with Gasteiger partial charge in [-0.3, -0.25) is 0 Å². The van der Waals surface area contributed by atoms with Crippen molar-refractivity contribution in [2.24, 2.45) is 0 Å². The number of benzene rings is 1. The number of nitrogens with two attached hydrogens (primary N) is 1. The molecule has 0 saturated carbocycles. The van der Waals surface area contributed by atoms with E-state index in [4.69, 9.17) is 15.6 Å². The fourth-order valence-corrected chi connectivity index (χ4v) is 1.81. The van der Waals surface area contributed by atoms with Crippen molar-refractivity contribution in [2.45, 2.75) is 31.9 Å². The van der Waals surface area contributed by atoms with Crippen LogP contribution < -0.4 is 5.73 Å². The van der Waals surface area contributed by atoms with Crippen molar-refractivity contribution < 1.29 is 23.1 Å². The Morgan fingerprint density at radius 3 is 2.28 bits per heavy atom. The zero-order valence-corrected chi connectivity index (χ0v) is 9.63. The molecule has 0 amide bonds. The second-order valence-electron chi connectivity index (χ2n) is 3.99. The summed E-state index contributed by atoms with van der Waals surface area (Å²) in [7, 11) is 0. The Morgan fingerprint density at radius 2 is 1.78 bits per heavy atom. The van der Waals surface area contributed by atoms with Crippen LogP contribution in [0.1, 0.15) is 24.0 Å². The molecule has 1 aromatic carbocycles. The third kappa shape index (κ3) is 3.94. The number of aliphatic carboxylic acids is 1. The van der Waals surface area contributed by atoms with E-state index in [1.54, 1.807) is 0 Å². The van der Waals surface area contributed by atoms with Crippen molar-refractivity contribution in [1.82, 2.24) is 0 Å². The average Bonchev–Trinajstić information content (AvgIpc) is 2.29. The molecule has 0 heterocycles. The molecule has 0 saturated heterocycles. The number of fused-ring (bicyclic) bond motifs is 1. The largest absolute Gasteiger partial charge is 0.490 e. The molecule has 0 fully saturated rings. The van der Waals surface area contributed by atoms with Crippen LogP contribution in [0.15, 0.2) is 18.2 Å². The highest BCUT2D eigenvalue weighted by molar-refractivity contribution is 5.73. The maximum absolute atomic E-state index is 10.6. The molecule has 1 aliphatic carbocycles. The molecule has 0 atom stereocenters. The first-order chi connectivity index (χ1) is 8.32. The highest BCUT2D eigenvalue weighted by Gasteiger charge is 2.38. The minimum Gasteiger partial charge on any atom is -0.475 e. The molecular formula is C12H14F3NO2. The van der Waals surface area contributed by atoms with Gasteiger partial charge in [0, 0.05) is 5.69 Å². The predicted octanol–water partition coefficient (Wildman–Crippen LogP) is 2.78. The van der Waals surface area contributed by atoms with Crippen LogP contribution in [-0.2, 0) is 17.6 Å². The Hall–Kier alpha value is -1.72. The molecule has 2 rings (SSSR count). The number of nitrogen functional groups attached to an aromatic ring is 1. The molecule has 0 aliphatic heterocycles. The second kappa shape index (κ2) is 5.75. The van der Waals surface area contributed by atoms with Gasteiger partial charge in [0.05, 0.1) is 0 Å². The SMILES string of the molecule is Nc1cccc2c1CCCC2.O=C(O)C(F)(F)F. The molecule has 1 aromatic rings. The first-order valence-electron chi connectivity index (χ1n) is 5.48. The molecule has 100 valence electrons. The van der Waals surface area contributed by atoms with Crippen molar-refractivity contribution in [3.63, 3.8) is 0 Å². The Labute approximate surface area is 102 Å². The number of hydrogen-bond donors (Lipinski definition) is 2. The van der Waals surface area contributed by atoms with E-state index in [1.807, 2.05) is 6.07 Å². The van der Waals surface area contributed by atoms with Gasteiger partial charge in [0.15, 0.2) is 0 Å².